The summed E-state index contributed by atoms with van der Waals surface area (Å²) in [6.07, 6.45) is 1.52. The van der Waals surface area contributed by atoms with E-state index in [2.05, 4.69) is 15.6 Å². The predicted molar refractivity (Wildman–Crippen MR) is 105 cm³/mol. The number of anilines is 1. The summed E-state index contributed by atoms with van der Waals surface area (Å²) in [7, 11) is 1.52. The summed E-state index contributed by atoms with van der Waals surface area (Å²) in [6, 6.07) is 7.72. The summed E-state index contributed by atoms with van der Waals surface area (Å²) in [6.45, 7) is 0.181. The fourth-order valence-electron chi connectivity index (χ4n) is 3.89. The number of nitrogens with zero attached hydrogens (tertiary/aromatic N) is 2. The van der Waals surface area contributed by atoms with E-state index in [0.29, 0.717) is 22.3 Å². The lowest BCUT2D eigenvalue weighted by Gasteiger charge is -2.29. The van der Waals surface area contributed by atoms with Crippen LogP contribution < -0.4 is 21.1 Å². The lowest BCUT2D eigenvalue weighted by molar-refractivity contribution is -0.125. The number of amides is 4. The number of furan rings is 1. The molecular formula is C20H17N5O5. The number of hydrogen-bond donors (Lipinski definition) is 3. The summed E-state index contributed by atoms with van der Waals surface area (Å²) in [4.78, 5) is 43.4. The quantitative estimate of drug-likeness (QED) is 0.550. The van der Waals surface area contributed by atoms with Gasteiger partial charge in [0, 0.05) is 29.8 Å². The number of carbonyl (C=O) groups is 3. The van der Waals surface area contributed by atoms with Gasteiger partial charge in [0.05, 0.1) is 13.7 Å². The molecule has 152 valence electrons. The van der Waals surface area contributed by atoms with Crippen molar-refractivity contribution in [3.05, 3.63) is 53.4 Å². The lowest BCUT2D eigenvalue weighted by atomic mass is 9.95. The molecule has 4 amide bonds. The van der Waals surface area contributed by atoms with Gasteiger partial charge in [0.2, 0.25) is 0 Å². The molecule has 4 N–H and O–H groups in total. The molecule has 5 rings (SSSR count). The SMILES string of the molecule is COc1ccc2c(c1)C(=O)N(C[C@@]1(c3cc4cnc(N)cc4o3)NC(=O)NC1=O)C2. The summed E-state index contributed by atoms with van der Waals surface area (Å²) in [5.41, 5.74) is 5.86. The number of ether oxygens (including phenoxy) is 1. The van der Waals surface area contributed by atoms with Gasteiger partial charge in [-0.3, -0.25) is 14.9 Å². The first-order valence-electron chi connectivity index (χ1n) is 9.15. The molecule has 10 heteroatoms. The number of urea groups is 1. The van der Waals surface area contributed by atoms with Gasteiger partial charge < -0.3 is 25.1 Å². The van der Waals surface area contributed by atoms with Crippen molar-refractivity contribution in [2.45, 2.75) is 12.1 Å². The highest BCUT2D eigenvalue weighted by Crippen LogP contribution is 2.35. The van der Waals surface area contributed by atoms with Gasteiger partial charge in [-0.2, -0.15) is 0 Å². The van der Waals surface area contributed by atoms with Crippen LogP contribution in [0.3, 0.4) is 0 Å². The van der Waals surface area contributed by atoms with Crippen LogP contribution in [-0.2, 0) is 16.9 Å². The number of imide groups is 1. The molecule has 3 aromatic rings. The Balaban J connectivity index is 1.55. The molecule has 0 aliphatic carbocycles. The van der Waals surface area contributed by atoms with Crippen LogP contribution in [0.15, 0.2) is 40.9 Å². The number of carbonyl (C=O) groups excluding carboxylic acids is 3. The van der Waals surface area contributed by atoms with Crippen molar-refractivity contribution < 1.29 is 23.5 Å². The van der Waals surface area contributed by atoms with E-state index in [1.54, 1.807) is 18.2 Å². The highest BCUT2D eigenvalue weighted by atomic mass is 16.5. The third-order valence-electron chi connectivity index (χ3n) is 5.41. The van der Waals surface area contributed by atoms with Gasteiger partial charge in [-0.25, -0.2) is 9.78 Å². The molecule has 0 bridgehead atoms. The van der Waals surface area contributed by atoms with Crippen LogP contribution in [0.25, 0.3) is 11.0 Å². The minimum atomic E-state index is -1.58. The van der Waals surface area contributed by atoms with Crippen molar-refractivity contribution in [2.24, 2.45) is 0 Å². The van der Waals surface area contributed by atoms with Crippen LogP contribution in [0.4, 0.5) is 10.6 Å². The van der Waals surface area contributed by atoms with Crippen molar-refractivity contribution in [2.75, 3.05) is 19.4 Å². The molecule has 30 heavy (non-hydrogen) atoms. The number of hydrogen-bond acceptors (Lipinski definition) is 7. The summed E-state index contributed by atoms with van der Waals surface area (Å²) < 4.78 is 11.1. The lowest BCUT2D eigenvalue weighted by Crippen LogP contribution is -2.52. The van der Waals surface area contributed by atoms with Crippen LogP contribution in [0.5, 0.6) is 5.75 Å². The third-order valence-corrected chi connectivity index (χ3v) is 5.41. The van der Waals surface area contributed by atoms with Gasteiger partial charge in [0.25, 0.3) is 11.8 Å². The average molecular weight is 407 g/mol. The Morgan fingerprint density at radius 1 is 1.27 bits per heavy atom. The Bertz CT molecular complexity index is 1240. The number of benzene rings is 1. The number of aromatic nitrogens is 1. The maximum Gasteiger partial charge on any atom is 0.322 e. The van der Waals surface area contributed by atoms with E-state index in [0.717, 1.165) is 5.56 Å². The highest BCUT2D eigenvalue weighted by Gasteiger charge is 2.53. The Hall–Kier alpha value is -4.08. The second kappa shape index (κ2) is 6.21. The number of methoxy groups -OCH3 is 1. The fourth-order valence-corrected chi connectivity index (χ4v) is 3.89. The molecule has 0 radical (unpaired) electrons. The topological polar surface area (TPSA) is 140 Å². The number of nitrogens with one attached hydrogen (secondary N) is 2. The third kappa shape index (κ3) is 2.57. The Labute approximate surface area is 170 Å². The first kappa shape index (κ1) is 18.0. The van der Waals surface area contributed by atoms with Crippen LogP contribution in [0, 0.1) is 0 Å². The van der Waals surface area contributed by atoms with Crippen molar-refractivity contribution in [3.63, 3.8) is 0 Å². The van der Waals surface area contributed by atoms with E-state index >= 15 is 0 Å². The van der Waals surface area contributed by atoms with Crippen LogP contribution in [0.2, 0.25) is 0 Å². The molecule has 1 saturated heterocycles. The standard InChI is InChI=1S/C20H17N5O5/c1-29-12-3-2-10-8-25(17(26)13(10)5-12)9-20(18(27)23-19(28)24-20)15-4-11-7-22-16(21)6-14(11)30-15/h2-7H,8-9H2,1H3,(H2,21,22)(H2,23,24,27,28)/t20-/m0/s1. The smallest absolute Gasteiger partial charge is 0.322 e. The van der Waals surface area contributed by atoms with Crippen molar-refractivity contribution in [1.29, 1.82) is 0 Å². The van der Waals surface area contributed by atoms with Gasteiger partial charge in [-0.1, -0.05) is 6.07 Å². The number of rotatable bonds is 4. The summed E-state index contributed by atoms with van der Waals surface area (Å²) in [5, 5.41) is 5.50. The Morgan fingerprint density at radius 2 is 2.10 bits per heavy atom. The predicted octanol–water partition coefficient (Wildman–Crippen LogP) is 1.11. The van der Waals surface area contributed by atoms with Gasteiger partial charge >= 0.3 is 6.03 Å². The first-order chi connectivity index (χ1) is 14.4. The zero-order valence-corrected chi connectivity index (χ0v) is 15.9. The summed E-state index contributed by atoms with van der Waals surface area (Å²) in [5.74, 6) is 0.145. The molecule has 10 nitrogen and oxygen atoms in total. The summed E-state index contributed by atoms with van der Waals surface area (Å²) >= 11 is 0. The molecule has 0 saturated carbocycles. The van der Waals surface area contributed by atoms with Gasteiger partial charge in [-0.15, -0.1) is 0 Å². The molecule has 4 heterocycles. The van der Waals surface area contributed by atoms with E-state index in [1.165, 1.54) is 24.3 Å². The molecule has 2 aliphatic heterocycles. The molecule has 1 aromatic carbocycles. The average Bonchev–Trinajstić information content (AvgIpc) is 3.36. The van der Waals surface area contributed by atoms with Gasteiger partial charge in [-0.05, 0) is 23.8 Å². The minimum Gasteiger partial charge on any atom is -0.497 e. The van der Waals surface area contributed by atoms with Gasteiger partial charge in [0.1, 0.15) is 22.9 Å². The zero-order chi connectivity index (χ0) is 21.0. The van der Waals surface area contributed by atoms with E-state index in [4.69, 9.17) is 14.9 Å². The number of pyridine rings is 1. The monoisotopic (exact) mass is 407 g/mol. The van der Waals surface area contributed by atoms with E-state index < -0.39 is 17.5 Å². The van der Waals surface area contributed by atoms with E-state index in [9.17, 15) is 14.4 Å². The van der Waals surface area contributed by atoms with Gasteiger partial charge in [0.15, 0.2) is 5.54 Å². The zero-order valence-electron chi connectivity index (χ0n) is 15.9. The second-order valence-corrected chi connectivity index (χ2v) is 7.26. The second-order valence-electron chi connectivity index (χ2n) is 7.26. The van der Waals surface area contributed by atoms with E-state index in [1.807, 2.05) is 6.07 Å². The largest absolute Gasteiger partial charge is 0.497 e. The van der Waals surface area contributed by atoms with Crippen molar-refractivity contribution >= 4 is 34.6 Å². The number of fused-ring (bicyclic) bond motifs is 2. The molecule has 1 fully saturated rings. The Morgan fingerprint density at radius 3 is 2.83 bits per heavy atom. The maximum atomic E-state index is 13.0. The maximum absolute atomic E-state index is 13.0. The molecule has 0 spiro atoms. The fraction of sp³-hybridized carbons (Fsp3) is 0.200. The molecule has 2 aliphatic rings. The van der Waals surface area contributed by atoms with Crippen LogP contribution in [-0.4, -0.2) is 41.4 Å². The van der Waals surface area contributed by atoms with Crippen molar-refractivity contribution in [1.82, 2.24) is 20.5 Å². The highest BCUT2D eigenvalue weighted by molar-refractivity contribution is 6.08. The normalized spacial score (nSPS) is 20.4. The molecule has 0 unspecified atom stereocenters. The number of nitrogen functional groups attached to an aromatic ring is 1. The van der Waals surface area contributed by atoms with E-state index in [-0.39, 0.29) is 30.6 Å². The minimum absolute atomic E-state index is 0.108. The molecule has 1 atom stereocenters. The van der Waals surface area contributed by atoms with Crippen LogP contribution in [0.1, 0.15) is 21.7 Å². The molecular weight excluding hydrogens is 390 g/mol. The van der Waals surface area contributed by atoms with Crippen LogP contribution >= 0.6 is 0 Å². The molecule has 2 aromatic heterocycles. The number of nitrogens with two attached hydrogens (primary N) is 1. The Kier molecular flexibility index (Phi) is 3.72. The first-order valence-corrected chi connectivity index (χ1v) is 9.15. The van der Waals surface area contributed by atoms with Crippen molar-refractivity contribution in [3.8, 4) is 5.75 Å².